The fourth-order valence-electron chi connectivity index (χ4n) is 2.88. The summed E-state index contributed by atoms with van der Waals surface area (Å²) in [6.45, 7) is 10.7. The molecule has 0 N–H and O–H groups in total. The zero-order valence-electron chi connectivity index (χ0n) is 12.3. The van der Waals surface area contributed by atoms with Crippen LogP contribution >= 0.6 is 23.4 Å². The molecule has 1 aliphatic carbocycles. The van der Waals surface area contributed by atoms with E-state index >= 15 is 0 Å². The van der Waals surface area contributed by atoms with Gasteiger partial charge in [-0.3, -0.25) is 4.79 Å². The van der Waals surface area contributed by atoms with E-state index in [4.69, 9.17) is 11.6 Å². The van der Waals surface area contributed by atoms with Crippen molar-refractivity contribution in [3.63, 3.8) is 0 Å². The van der Waals surface area contributed by atoms with Crippen LogP contribution in [0.25, 0.3) is 0 Å². The van der Waals surface area contributed by atoms with E-state index in [1.165, 1.54) is 11.8 Å². The van der Waals surface area contributed by atoms with Crippen molar-refractivity contribution < 1.29 is 4.79 Å². The molecule has 1 aromatic rings. The van der Waals surface area contributed by atoms with Crippen LogP contribution in [-0.4, -0.2) is 5.12 Å². The summed E-state index contributed by atoms with van der Waals surface area (Å²) in [6, 6.07) is 7.43. The van der Waals surface area contributed by atoms with E-state index in [0.717, 1.165) is 23.3 Å². The summed E-state index contributed by atoms with van der Waals surface area (Å²) in [7, 11) is 0. The van der Waals surface area contributed by atoms with Crippen LogP contribution in [0.1, 0.15) is 33.6 Å². The Morgan fingerprint density at radius 1 is 1.40 bits per heavy atom. The first kappa shape index (κ1) is 15.7. The van der Waals surface area contributed by atoms with E-state index in [1.807, 2.05) is 31.2 Å². The van der Waals surface area contributed by atoms with Gasteiger partial charge in [0.15, 0.2) is 0 Å². The number of allylic oxidation sites excluding steroid dienone is 1. The van der Waals surface area contributed by atoms with Gasteiger partial charge in [0.1, 0.15) is 0 Å². The van der Waals surface area contributed by atoms with Crippen LogP contribution in [0.3, 0.4) is 0 Å². The number of thioether (sulfide) groups is 1. The van der Waals surface area contributed by atoms with E-state index in [0.29, 0.717) is 16.9 Å². The zero-order chi connectivity index (χ0) is 14.9. The van der Waals surface area contributed by atoms with Gasteiger partial charge in [0.2, 0.25) is 5.12 Å². The predicted molar refractivity (Wildman–Crippen MR) is 87.1 cm³/mol. The third-order valence-corrected chi connectivity index (χ3v) is 5.79. The summed E-state index contributed by atoms with van der Waals surface area (Å²) in [6.07, 6.45) is 1.98. The van der Waals surface area contributed by atoms with Crippen LogP contribution in [0, 0.1) is 17.3 Å². The molecular formula is C17H21ClOS. The molecule has 0 bridgehead atoms. The summed E-state index contributed by atoms with van der Waals surface area (Å²) in [5.74, 6) is 1.02. The Bertz CT molecular complexity index is 520. The minimum atomic E-state index is -0.390. The lowest BCUT2D eigenvalue weighted by atomic mass is 9.81. The smallest absolute Gasteiger partial charge is 0.203 e. The summed E-state index contributed by atoms with van der Waals surface area (Å²) in [5.41, 5.74) is 0.721. The summed E-state index contributed by atoms with van der Waals surface area (Å²) < 4.78 is 0. The summed E-state index contributed by atoms with van der Waals surface area (Å²) in [4.78, 5) is 13.6. The number of carbonyl (C=O) groups excluding carboxylic acids is 1. The molecule has 1 unspecified atom stereocenters. The molecule has 1 saturated carbocycles. The van der Waals surface area contributed by atoms with Crippen LogP contribution in [0.4, 0.5) is 0 Å². The first-order chi connectivity index (χ1) is 9.34. The Morgan fingerprint density at radius 3 is 2.50 bits per heavy atom. The van der Waals surface area contributed by atoms with E-state index in [1.54, 1.807) is 0 Å². The van der Waals surface area contributed by atoms with Crippen LogP contribution in [0.2, 0.25) is 5.02 Å². The Balaban J connectivity index is 2.13. The number of carbonyl (C=O) groups is 1. The minimum absolute atomic E-state index is 0.202. The van der Waals surface area contributed by atoms with Gasteiger partial charge >= 0.3 is 0 Å². The monoisotopic (exact) mass is 308 g/mol. The van der Waals surface area contributed by atoms with Gasteiger partial charge in [-0.1, -0.05) is 49.4 Å². The maximum Gasteiger partial charge on any atom is 0.203 e. The van der Waals surface area contributed by atoms with Gasteiger partial charge in [-0.25, -0.2) is 0 Å². The highest BCUT2D eigenvalue weighted by atomic mass is 35.5. The van der Waals surface area contributed by atoms with Gasteiger partial charge in [-0.2, -0.15) is 0 Å². The van der Waals surface area contributed by atoms with Gasteiger partial charge < -0.3 is 0 Å². The van der Waals surface area contributed by atoms with Crippen molar-refractivity contribution in [1.29, 1.82) is 0 Å². The number of halogens is 1. The molecule has 1 aliphatic rings. The molecular weight excluding hydrogens is 288 g/mol. The van der Waals surface area contributed by atoms with Gasteiger partial charge in [0.05, 0.1) is 5.41 Å². The Morgan fingerprint density at radius 2 is 2.00 bits per heavy atom. The molecule has 1 nitrogen and oxygen atoms in total. The molecule has 1 fully saturated rings. The normalized spacial score (nSPS) is 26.2. The van der Waals surface area contributed by atoms with E-state index in [2.05, 4.69) is 20.4 Å². The molecule has 0 amide bonds. The number of hydrogen-bond acceptors (Lipinski definition) is 2. The minimum Gasteiger partial charge on any atom is -0.286 e. The van der Waals surface area contributed by atoms with Crippen molar-refractivity contribution in [2.75, 3.05) is 0 Å². The van der Waals surface area contributed by atoms with Crippen molar-refractivity contribution in [2.45, 2.75) is 38.5 Å². The van der Waals surface area contributed by atoms with Crippen molar-refractivity contribution in [1.82, 2.24) is 0 Å². The second kappa shape index (κ2) is 5.95. The fourth-order valence-corrected chi connectivity index (χ4v) is 3.95. The molecule has 0 spiro atoms. The standard InChI is InChI=1S/C17H21ClOS/c1-11(2)15-9-10-17(4,12(15)3)16(19)20-14-7-5-13(18)6-8-14/h5-8,11,15H,3,9-10H2,1-2,4H3/t15-,17?/m1/s1. The molecule has 2 atom stereocenters. The van der Waals surface area contributed by atoms with E-state index in [-0.39, 0.29) is 10.5 Å². The molecule has 1 aromatic carbocycles. The third-order valence-electron chi connectivity index (χ3n) is 4.39. The molecule has 0 heterocycles. The Kier molecular flexibility index (Phi) is 4.66. The number of rotatable bonds is 3. The number of benzene rings is 1. The first-order valence-electron chi connectivity index (χ1n) is 7.01. The quantitative estimate of drug-likeness (QED) is 0.535. The average molecular weight is 309 g/mol. The van der Waals surface area contributed by atoms with Crippen molar-refractivity contribution in [3.05, 3.63) is 41.4 Å². The van der Waals surface area contributed by atoms with Gasteiger partial charge in [0, 0.05) is 9.92 Å². The van der Waals surface area contributed by atoms with Crippen LogP contribution in [0.15, 0.2) is 41.3 Å². The second-order valence-corrected chi connectivity index (χ2v) is 7.57. The van der Waals surface area contributed by atoms with E-state index < -0.39 is 0 Å². The van der Waals surface area contributed by atoms with Crippen LogP contribution in [-0.2, 0) is 4.79 Å². The maximum atomic E-state index is 12.7. The summed E-state index contributed by atoms with van der Waals surface area (Å²) >= 11 is 7.18. The van der Waals surface area contributed by atoms with Crippen molar-refractivity contribution >= 4 is 28.5 Å². The highest BCUT2D eigenvalue weighted by molar-refractivity contribution is 8.13. The van der Waals surface area contributed by atoms with E-state index in [9.17, 15) is 4.79 Å². The highest BCUT2D eigenvalue weighted by Gasteiger charge is 2.45. The molecule has 0 aliphatic heterocycles. The second-order valence-electron chi connectivity index (χ2n) is 6.09. The largest absolute Gasteiger partial charge is 0.286 e. The van der Waals surface area contributed by atoms with Gasteiger partial charge in [0.25, 0.3) is 0 Å². The predicted octanol–water partition coefficient (Wildman–Crippen LogP) is 5.59. The lowest BCUT2D eigenvalue weighted by Crippen LogP contribution is -2.25. The number of hydrogen-bond donors (Lipinski definition) is 0. The van der Waals surface area contributed by atoms with Crippen LogP contribution in [0.5, 0.6) is 0 Å². The van der Waals surface area contributed by atoms with Gasteiger partial charge in [-0.15, -0.1) is 0 Å². The maximum absolute atomic E-state index is 12.7. The summed E-state index contributed by atoms with van der Waals surface area (Å²) in [5, 5.41) is 0.895. The van der Waals surface area contributed by atoms with Crippen LogP contribution < -0.4 is 0 Å². The Labute approximate surface area is 130 Å². The topological polar surface area (TPSA) is 17.1 Å². The zero-order valence-corrected chi connectivity index (χ0v) is 13.9. The Hall–Kier alpha value is -0.730. The molecule has 0 aromatic heterocycles. The molecule has 0 saturated heterocycles. The molecule has 2 rings (SSSR count). The van der Waals surface area contributed by atoms with Crippen molar-refractivity contribution in [2.24, 2.45) is 17.3 Å². The SMILES string of the molecule is C=C1[C@@H](C(C)C)CCC1(C)C(=O)Sc1ccc(Cl)cc1. The lowest BCUT2D eigenvalue weighted by molar-refractivity contribution is -0.117. The molecule has 0 radical (unpaired) electrons. The fraction of sp³-hybridized carbons (Fsp3) is 0.471. The first-order valence-corrected chi connectivity index (χ1v) is 8.21. The van der Waals surface area contributed by atoms with Crippen molar-refractivity contribution in [3.8, 4) is 0 Å². The molecule has 3 heteroatoms. The molecule has 20 heavy (non-hydrogen) atoms. The third kappa shape index (κ3) is 2.96. The molecule has 108 valence electrons. The van der Waals surface area contributed by atoms with Gasteiger partial charge in [-0.05, 0) is 55.9 Å². The lowest BCUT2D eigenvalue weighted by Gasteiger charge is -2.26. The highest BCUT2D eigenvalue weighted by Crippen LogP contribution is 2.51. The average Bonchev–Trinajstić information content (AvgIpc) is 2.70.